The van der Waals surface area contributed by atoms with Crippen molar-refractivity contribution in [2.75, 3.05) is 13.3 Å². The van der Waals surface area contributed by atoms with E-state index in [-0.39, 0.29) is 0 Å². The van der Waals surface area contributed by atoms with Gasteiger partial charge in [0.05, 0.1) is 0 Å². The lowest BCUT2D eigenvalue weighted by molar-refractivity contribution is 0.266. The summed E-state index contributed by atoms with van der Waals surface area (Å²) >= 11 is 2.04. The molecule has 2 bridgehead atoms. The molecule has 2 aliphatic heterocycles. The first-order chi connectivity index (χ1) is 10.3. The number of rotatable bonds is 2. The van der Waals surface area contributed by atoms with Crippen LogP contribution in [-0.2, 0) is 0 Å². The Morgan fingerprint density at radius 3 is 2.71 bits per heavy atom. The van der Waals surface area contributed by atoms with E-state index < -0.39 is 0 Å². The second-order valence-corrected chi connectivity index (χ2v) is 7.34. The lowest BCUT2D eigenvalue weighted by atomic mass is 9.93. The van der Waals surface area contributed by atoms with Gasteiger partial charge in [0.15, 0.2) is 0 Å². The number of likely N-dealkylation sites (N-methyl/N-ethyl adjacent to an activating group) is 1. The van der Waals surface area contributed by atoms with Crippen molar-refractivity contribution >= 4 is 28.1 Å². The van der Waals surface area contributed by atoms with Crippen molar-refractivity contribution < 1.29 is 0 Å². The molecule has 2 heteroatoms. The molecule has 4 rings (SSSR count). The zero-order valence-electron chi connectivity index (χ0n) is 12.6. The lowest BCUT2D eigenvalue weighted by Gasteiger charge is -2.32. The van der Waals surface area contributed by atoms with Crippen molar-refractivity contribution in [3.8, 4) is 0 Å². The second kappa shape index (κ2) is 5.19. The summed E-state index contributed by atoms with van der Waals surface area (Å²) in [5.74, 6) is 0. The summed E-state index contributed by atoms with van der Waals surface area (Å²) in [5, 5.41) is 3.47. The smallest absolute Gasteiger partial charge is 0.0295 e. The van der Waals surface area contributed by atoms with Crippen LogP contribution < -0.4 is 0 Å². The van der Waals surface area contributed by atoms with Crippen molar-refractivity contribution in [1.82, 2.24) is 4.90 Å². The summed E-state index contributed by atoms with van der Waals surface area (Å²) in [7, 11) is 2.29. The number of fused-ring (bicyclic) bond motifs is 3. The van der Waals surface area contributed by atoms with E-state index in [2.05, 4.69) is 66.7 Å². The first-order valence-corrected chi connectivity index (χ1v) is 8.99. The molecule has 2 aromatic carbocycles. The first-order valence-electron chi connectivity index (χ1n) is 7.71. The Morgan fingerprint density at radius 2 is 1.90 bits per heavy atom. The highest BCUT2D eigenvalue weighted by molar-refractivity contribution is 7.99. The largest absolute Gasteiger partial charge is 0.296 e. The average molecular weight is 295 g/mol. The van der Waals surface area contributed by atoms with Crippen LogP contribution in [0.25, 0.3) is 16.3 Å². The molecule has 2 aromatic rings. The van der Waals surface area contributed by atoms with Gasteiger partial charge in [-0.3, -0.25) is 4.90 Å². The van der Waals surface area contributed by atoms with Crippen molar-refractivity contribution in [3.05, 3.63) is 54.1 Å². The van der Waals surface area contributed by atoms with Gasteiger partial charge < -0.3 is 0 Å². The third-order valence-corrected chi connectivity index (χ3v) is 6.31. The zero-order valence-corrected chi connectivity index (χ0v) is 13.4. The molecule has 0 amide bonds. The molecular formula is C19H21NS. The predicted octanol–water partition coefficient (Wildman–Crippen LogP) is 4.43. The molecule has 1 fully saturated rings. The van der Waals surface area contributed by atoms with Crippen molar-refractivity contribution in [2.24, 2.45) is 0 Å². The fourth-order valence-electron chi connectivity index (χ4n) is 3.91. The molecular weight excluding hydrogens is 274 g/mol. The summed E-state index contributed by atoms with van der Waals surface area (Å²) in [6, 6.07) is 16.9. The maximum atomic E-state index is 2.58. The van der Waals surface area contributed by atoms with Gasteiger partial charge in [-0.15, -0.1) is 0 Å². The van der Waals surface area contributed by atoms with Gasteiger partial charge in [0.25, 0.3) is 0 Å². The average Bonchev–Trinajstić information content (AvgIpc) is 2.72. The van der Waals surface area contributed by atoms with Crippen LogP contribution in [0.5, 0.6) is 0 Å². The van der Waals surface area contributed by atoms with Crippen LogP contribution in [0.15, 0.2) is 48.5 Å². The van der Waals surface area contributed by atoms with Crippen molar-refractivity contribution in [2.45, 2.75) is 30.2 Å². The highest BCUT2D eigenvalue weighted by Gasteiger charge is 2.41. The van der Waals surface area contributed by atoms with Crippen molar-refractivity contribution in [1.29, 1.82) is 0 Å². The van der Waals surface area contributed by atoms with Crippen LogP contribution in [0.3, 0.4) is 0 Å². The van der Waals surface area contributed by atoms with Gasteiger partial charge in [-0.25, -0.2) is 0 Å². The quantitative estimate of drug-likeness (QED) is 0.806. The minimum absolute atomic E-state index is 0.627. The van der Waals surface area contributed by atoms with E-state index in [0.717, 1.165) is 5.25 Å². The van der Waals surface area contributed by atoms with Crippen LogP contribution in [0.2, 0.25) is 0 Å². The molecule has 0 spiro atoms. The Kier molecular flexibility index (Phi) is 3.31. The normalized spacial score (nSPS) is 28.9. The molecule has 21 heavy (non-hydrogen) atoms. The van der Waals surface area contributed by atoms with E-state index in [0.29, 0.717) is 12.1 Å². The summed E-state index contributed by atoms with van der Waals surface area (Å²) in [5.41, 5.74) is 2.96. The van der Waals surface area contributed by atoms with Gasteiger partial charge in [0.1, 0.15) is 0 Å². The number of thioether (sulfide) groups is 1. The van der Waals surface area contributed by atoms with E-state index in [4.69, 9.17) is 0 Å². The second-order valence-electron chi connectivity index (χ2n) is 6.27. The first kappa shape index (κ1) is 13.4. The van der Waals surface area contributed by atoms with Gasteiger partial charge in [-0.1, -0.05) is 42.5 Å². The standard InChI is InChI=1S/C19H21NS/c1-20-17-10-16(11-18(20)19(12-17)21-2)15-8-7-13-5-3-4-6-14(13)9-15/h3-10,17-19H,11-12H2,1-2H3. The molecule has 1 saturated heterocycles. The number of benzene rings is 2. The topological polar surface area (TPSA) is 3.24 Å². The lowest BCUT2D eigenvalue weighted by Crippen LogP contribution is -2.37. The summed E-state index contributed by atoms with van der Waals surface area (Å²) < 4.78 is 0. The van der Waals surface area contributed by atoms with Crippen LogP contribution in [0.1, 0.15) is 18.4 Å². The molecule has 0 aliphatic carbocycles. The number of nitrogens with zero attached hydrogens (tertiary/aromatic N) is 1. The Balaban J connectivity index is 1.71. The molecule has 2 aliphatic rings. The van der Waals surface area contributed by atoms with Crippen LogP contribution in [0.4, 0.5) is 0 Å². The van der Waals surface area contributed by atoms with Gasteiger partial charge >= 0.3 is 0 Å². The van der Waals surface area contributed by atoms with Gasteiger partial charge in [0, 0.05) is 17.3 Å². The summed E-state index contributed by atoms with van der Waals surface area (Å²) in [4.78, 5) is 2.58. The number of hydrogen-bond acceptors (Lipinski definition) is 2. The van der Waals surface area contributed by atoms with Crippen LogP contribution >= 0.6 is 11.8 Å². The Labute approximate surface area is 131 Å². The van der Waals surface area contributed by atoms with Gasteiger partial charge in [0.2, 0.25) is 0 Å². The molecule has 3 unspecified atom stereocenters. The molecule has 0 aromatic heterocycles. The van der Waals surface area contributed by atoms with E-state index in [1.165, 1.54) is 29.2 Å². The molecule has 2 heterocycles. The van der Waals surface area contributed by atoms with E-state index >= 15 is 0 Å². The Hall–Kier alpha value is -1.25. The highest BCUT2D eigenvalue weighted by atomic mass is 32.2. The van der Waals surface area contributed by atoms with Crippen LogP contribution in [-0.4, -0.2) is 35.5 Å². The summed E-state index contributed by atoms with van der Waals surface area (Å²) in [6.07, 6.45) is 7.27. The SMILES string of the molecule is CSC1CC2C=C(c3ccc4ccccc4c3)CC1N2C. The Morgan fingerprint density at radius 1 is 1.10 bits per heavy atom. The monoisotopic (exact) mass is 295 g/mol. The van der Waals surface area contributed by atoms with E-state index in [9.17, 15) is 0 Å². The fourth-order valence-corrected chi connectivity index (χ4v) is 4.90. The van der Waals surface area contributed by atoms with E-state index in [1.54, 1.807) is 5.57 Å². The summed E-state index contributed by atoms with van der Waals surface area (Å²) in [6.45, 7) is 0. The molecule has 0 radical (unpaired) electrons. The fraction of sp³-hybridized carbons (Fsp3) is 0.368. The van der Waals surface area contributed by atoms with Gasteiger partial charge in [-0.2, -0.15) is 11.8 Å². The Bertz CT molecular complexity index is 706. The van der Waals surface area contributed by atoms with Crippen LogP contribution in [0, 0.1) is 0 Å². The molecule has 0 saturated carbocycles. The molecule has 108 valence electrons. The molecule has 1 nitrogen and oxygen atoms in total. The third-order valence-electron chi connectivity index (χ3n) is 5.19. The predicted molar refractivity (Wildman–Crippen MR) is 93.8 cm³/mol. The highest BCUT2D eigenvalue weighted by Crippen LogP contribution is 2.42. The van der Waals surface area contributed by atoms with Gasteiger partial charge in [-0.05, 0) is 54.1 Å². The maximum absolute atomic E-state index is 2.58. The number of hydrogen-bond donors (Lipinski definition) is 0. The zero-order chi connectivity index (χ0) is 14.4. The molecule has 0 N–H and O–H groups in total. The molecule has 3 atom stereocenters. The minimum atomic E-state index is 0.627. The van der Waals surface area contributed by atoms with E-state index in [1.807, 2.05) is 11.8 Å². The minimum Gasteiger partial charge on any atom is -0.296 e. The third kappa shape index (κ3) is 2.21. The maximum Gasteiger partial charge on any atom is 0.0295 e. The van der Waals surface area contributed by atoms with Crippen molar-refractivity contribution in [3.63, 3.8) is 0 Å².